The lowest BCUT2D eigenvalue weighted by atomic mass is 10.2. The molecule has 2 heterocycles. The van der Waals surface area contributed by atoms with E-state index in [9.17, 15) is 19.1 Å². The molecule has 0 aliphatic rings. The van der Waals surface area contributed by atoms with Crippen LogP contribution in [0, 0.1) is 12.7 Å². The average Bonchev–Trinajstić information content (AvgIpc) is 3.30. The summed E-state index contributed by atoms with van der Waals surface area (Å²) < 4.78 is 13.4. The van der Waals surface area contributed by atoms with Crippen LogP contribution in [0.4, 0.5) is 4.39 Å². The van der Waals surface area contributed by atoms with Crippen molar-refractivity contribution in [2.24, 2.45) is 0 Å². The Hall–Kier alpha value is -3.59. The van der Waals surface area contributed by atoms with Crippen LogP contribution in [0.3, 0.4) is 0 Å². The number of fused-ring (bicyclic) bond motifs is 1. The van der Waals surface area contributed by atoms with Gasteiger partial charge in [-0.3, -0.25) is 4.79 Å². The van der Waals surface area contributed by atoms with Crippen LogP contribution in [0.2, 0.25) is 0 Å². The van der Waals surface area contributed by atoms with Crippen molar-refractivity contribution in [1.29, 1.82) is 0 Å². The van der Waals surface area contributed by atoms with Crippen LogP contribution in [0.1, 0.15) is 16.4 Å². The van der Waals surface area contributed by atoms with Gasteiger partial charge in [0, 0.05) is 16.9 Å². The van der Waals surface area contributed by atoms with Gasteiger partial charge in [-0.2, -0.15) is 0 Å². The molecule has 31 heavy (non-hydrogen) atoms. The van der Waals surface area contributed by atoms with Crippen molar-refractivity contribution in [3.8, 4) is 10.6 Å². The molecule has 4 rings (SSSR count). The number of carbonyl (C=O) groups excluding carboxylic acids is 1. The fourth-order valence-corrected chi connectivity index (χ4v) is 4.15. The van der Waals surface area contributed by atoms with E-state index >= 15 is 0 Å². The first kappa shape index (κ1) is 20.7. The number of aryl methyl sites for hydroxylation is 1. The minimum Gasteiger partial charge on any atom is -0.480 e. The van der Waals surface area contributed by atoms with Gasteiger partial charge in [0.05, 0.1) is 23.1 Å². The predicted octanol–water partition coefficient (Wildman–Crippen LogP) is 3.49. The number of nitrogens with zero attached hydrogens (tertiary/aromatic N) is 2. The molecule has 3 N–H and O–H groups in total. The van der Waals surface area contributed by atoms with Gasteiger partial charge in [0.25, 0.3) is 0 Å². The fraction of sp³-hybridized carbons (Fsp3) is 0.182. The summed E-state index contributed by atoms with van der Waals surface area (Å²) in [6, 6.07) is 12.6. The van der Waals surface area contributed by atoms with Crippen LogP contribution >= 0.6 is 11.3 Å². The average molecular weight is 438 g/mol. The van der Waals surface area contributed by atoms with Gasteiger partial charge in [-0.15, -0.1) is 11.3 Å². The summed E-state index contributed by atoms with van der Waals surface area (Å²) in [5, 5.41) is 12.9. The number of amides is 1. The third-order valence-electron chi connectivity index (χ3n) is 4.77. The summed E-state index contributed by atoms with van der Waals surface area (Å²) in [5.74, 6) is -1.69. The molecule has 9 heteroatoms. The molecular weight excluding hydrogens is 419 g/mol. The summed E-state index contributed by atoms with van der Waals surface area (Å²) in [6.07, 6.45) is -0.0764. The molecule has 1 amide bonds. The summed E-state index contributed by atoms with van der Waals surface area (Å²) >= 11 is 1.49. The largest absolute Gasteiger partial charge is 0.480 e. The number of aromatic nitrogens is 3. The van der Waals surface area contributed by atoms with Crippen LogP contribution in [-0.4, -0.2) is 38.0 Å². The Morgan fingerprint density at radius 3 is 2.71 bits per heavy atom. The summed E-state index contributed by atoms with van der Waals surface area (Å²) in [4.78, 5) is 36.9. The Morgan fingerprint density at radius 1 is 1.19 bits per heavy atom. The van der Waals surface area contributed by atoms with Crippen LogP contribution in [0.25, 0.3) is 21.6 Å². The van der Waals surface area contributed by atoms with Gasteiger partial charge in [-0.1, -0.05) is 30.3 Å². The van der Waals surface area contributed by atoms with E-state index in [1.54, 1.807) is 0 Å². The summed E-state index contributed by atoms with van der Waals surface area (Å²) in [5.41, 5.74) is 2.58. The maximum Gasteiger partial charge on any atom is 0.326 e. The van der Waals surface area contributed by atoms with Crippen molar-refractivity contribution in [2.75, 3.05) is 0 Å². The monoisotopic (exact) mass is 438 g/mol. The second kappa shape index (κ2) is 8.65. The van der Waals surface area contributed by atoms with E-state index in [4.69, 9.17) is 0 Å². The lowest BCUT2D eigenvalue weighted by Crippen LogP contribution is -2.43. The number of nitrogens with one attached hydrogen (secondary N) is 2. The molecule has 2 aromatic carbocycles. The lowest BCUT2D eigenvalue weighted by molar-refractivity contribution is -0.141. The first-order chi connectivity index (χ1) is 14.9. The second-order valence-corrected chi connectivity index (χ2v) is 8.28. The van der Waals surface area contributed by atoms with Gasteiger partial charge in [0.2, 0.25) is 5.91 Å². The molecule has 0 saturated carbocycles. The smallest absolute Gasteiger partial charge is 0.326 e. The van der Waals surface area contributed by atoms with Crippen molar-refractivity contribution in [2.45, 2.75) is 25.8 Å². The lowest BCUT2D eigenvalue weighted by Gasteiger charge is -2.13. The number of benzene rings is 2. The minimum absolute atomic E-state index is 0.0235. The van der Waals surface area contributed by atoms with Gasteiger partial charge in [0.1, 0.15) is 22.7 Å². The summed E-state index contributed by atoms with van der Waals surface area (Å²) in [6.45, 7) is 1.88. The molecule has 0 spiro atoms. The molecule has 0 aliphatic carbocycles. The number of carboxylic acids is 1. The Labute approximate surface area is 181 Å². The highest BCUT2D eigenvalue weighted by molar-refractivity contribution is 7.15. The van der Waals surface area contributed by atoms with Crippen LogP contribution < -0.4 is 5.32 Å². The fourth-order valence-electron chi connectivity index (χ4n) is 3.22. The van der Waals surface area contributed by atoms with E-state index in [1.165, 1.54) is 29.5 Å². The van der Waals surface area contributed by atoms with Crippen LogP contribution in [0.15, 0.2) is 48.5 Å². The number of hydrogen-bond donors (Lipinski definition) is 3. The zero-order valence-corrected chi connectivity index (χ0v) is 17.4. The number of H-pyrrole nitrogens is 1. The zero-order chi connectivity index (χ0) is 22.0. The van der Waals surface area contributed by atoms with E-state index in [0.717, 1.165) is 15.4 Å². The first-order valence-electron chi connectivity index (χ1n) is 9.57. The number of rotatable bonds is 7. The van der Waals surface area contributed by atoms with Crippen molar-refractivity contribution >= 4 is 34.2 Å². The number of carbonyl (C=O) groups is 2. The van der Waals surface area contributed by atoms with Crippen molar-refractivity contribution < 1.29 is 19.1 Å². The van der Waals surface area contributed by atoms with Crippen molar-refractivity contribution in [1.82, 2.24) is 20.3 Å². The first-order valence-corrected chi connectivity index (χ1v) is 10.4. The molecule has 0 fully saturated rings. The summed E-state index contributed by atoms with van der Waals surface area (Å²) in [7, 11) is 0. The minimum atomic E-state index is -1.18. The van der Waals surface area contributed by atoms with Gasteiger partial charge in [0.15, 0.2) is 0 Å². The Balaban J connectivity index is 1.45. The standard InChI is InChI=1S/C22H19FN4O3S/c1-12-16(27-21(31-12)13-5-3-2-4-6-13)11-20(28)26-18(22(29)30)10-19-24-15-8-7-14(23)9-17(15)25-19/h2-9,18H,10-11H2,1H3,(H,24,25)(H,26,28)(H,29,30)/t18-/m1/s1. The molecule has 0 radical (unpaired) electrons. The Kier molecular flexibility index (Phi) is 5.77. The maximum atomic E-state index is 13.4. The van der Waals surface area contributed by atoms with Crippen LogP contribution in [-0.2, 0) is 22.4 Å². The maximum absolute atomic E-state index is 13.4. The number of carboxylic acid groups (broad SMARTS) is 1. The topological polar surface area (TPSA) is 108 Å². The van der Waals surface area contributed by atoms with Gasteiger partial charge >= 0.3 is 5.97 Å². The number of imidazole rings is 1. The van der Waals surface area contributed by atoms with E-state index in [2.05, 4.69) is 20.3 Å². The number of aliphatic carboxylic acids is 1. The molecular formula is C22H19FN4O3S. The van der Waals surface area contributed by atoms with Gasteiger partial charge in [-0.05, 0) is 25.1 Å². The highest BCUT2D eigenvalue weighted by Crippen LogP contribution is 2.27. The number of thiazole rings is 1. The molecule has 2 aromatic heterocycles. The SMILES string of the molecule is Cc1sc(-c2ccccc2)nc1CC(=O)N[C@H](Cc1nc2ccc(F)cc2[nH]1)C(=O)O. The number of aromatic amines is 1. The molecule has 4 aromatic rings. The molecule has 0 unspecified atom stereocenters. The molecule has 0 saturated heterocycles. The molecule has 1 atom stereocenters. The normalized spacial score (nSPS) is 12.1. The van der Waals surface area contributed by atoms with Crippen LogP contribution in [0.5, 0.6) is 0 Å². The van der Waals surface area contributed by atoms with Gasteiger partial charge < -0.3 is 15.4 Å². The predicted molar refractivity (Wildman–Crippen MR) is 115 cm³/mol. The van der Waals surface area contributed by atoms with E-state index < -0.39 is 23.7 Å². The second-order valence-electron chi connectivity index (χ2n) is 7.07. The quantitative estimate of drug-likeness (QED) is 0.409. The molecule has 158 valence electrons. The van der Waals surface area contributed by atoms with E-state index in [0.29, 0.717) is 22.6 Å². The third-order valence-corrected chi connectivity index (χ3v) is 5.83. The van der Waals surface area contributed by atoms with Crippen molar-refractivity contribution in [3.05, 3.63) is 70.7 Å². The highest BCUT2D eigenvalue weighted by atomic mass is 32.1. The van der Waals surface area contributed by atoms with E-state index in [-0.39, 0.29) is 12.8 Å². The third kappa shape index (κ3) is 4.77. The zero-order valence-electron chi connectivity index (χ0n) is 16.6. The Morgan fingerprint density at radius 2 is 1.97 bits per heavy atom. The Bertz CT molecular complexity index is 1250. The molecule has 0 aliphatic heterocycles. The highest BCUT2D eigenvalue weighted by Gasteiger charge is 2.23. The van der Waals surface area contributed by atoms with E-state index in [1.807, 2.05) is 37.3 Å². The van der Waals surface area contributed by atoms with Gasteiger partial charge in [-0.25, -0.2) is 19.2 Å². The molecule has 0 bridgehead atoms. The van der Waals surface area contributed by atoms with Crippen molar-refractivity contribution in [3.63, 3.8) is 0 Å². The molecule has 7 nitrogen and oxygen atoms in total. The number of halogens is 1. The number of hydrogen-bond acceptors (Lipinski definition) is 5.